The summed E-state index contributed by atoms with van der Waals surface area (Å²) in [7, 11) is 0. The van der Waals surface area contributed by atoms with E-state index in [9.17, 15) is 29.4 Å². The fourth-order valence-electron chi connectivity index (χ4n) is 6.21. The van der Waals surface area contributed by atoms with Gasteiger partial charge < -0.3 is 25.5 Å². The summed E-state index contributed by atoms with van der Waals surface area (Å²) >= 11 is 0. The molecule has 2 aromatic rings. The third-order valence-electron chi connectivity index (χ3n) is 8.89. The number of aromatic nitrogens is 2. The summed E-state index contributed by atoms with van der Waals surface area (Å²) in [6.45, 7) is 13.4. The molecular formula is C33H40N4O6. The Morgan fingerprint density at radius 1 is 0.953 bits per heavy atom. The van der Waals surface area contributed by atoms with Gasteiger partial charge in [-0.05, 0) is 80.0 Å². The van der Waals surface area contributed by atoms with Crippen LogP contribution in [0.1, 0.15) is 73.7 Å². The zero-order chi connectivity index (χ0) is 31.6. The van der Waals surface area contributed by atoms with E-state index in [0.717, 1.165) is 51.0 Å². The van der Waals surface area contributed by atoms with Gasteiger partial charge in [0.15, 0.2) is 0 Å². The molecule has 0 bridgehead atoms. The molecule has 0 unspecified atom stereocenters. The number of nitrogens with zero attached hydrogens (tertiary/aromatic N) is 1. The molecule has 0 saturated heterocycles. The Balaban J connectivity index is 1.85. The number of hydrogen-bond acceptors (Lipinski definition) is 4. The summed E-state index contributed by atoms with van der Waals surface area (Å²) in [5, 5.41) is 23.3. The fraction of sp³-hybridized carbons (Fsp3) is 0.424. The average molecular weight is 589 g/mol. The van der Waals surface area contributed by atoms with Gasteiger partial charge in [-0.25, -0.2) is 4.99 Å². The van der Waals surface area contributed by atoms with Crippen LogP contribution in [0.5, 0.6) is 0 Å². The Kier molecular flexibility index (Phi) is 9.37. The number of hydrogen-bond donors (Lipinski definition) is 5. The fourth-order valence-corrected chi connectivity index (χ4v) is 6.21. The molecular weight excluding hydrogens is 548 g/mol. The second kappa shape index (κ2) is 12.8. The quantitative estimate of drug-likeness (QED) is 0.256. The van der Waals surface area contributed by atoms with Crippen molar-refractivity contribution in [1.82, 2.24) is 15.3 Å². The Bertz CT molecular complexity index is 1690. The third-order valence-corrected chi connectivity index (χ3v) is 8.89. The molecule has 228 valence electrons. The standard InChI is InChI=1S/C33H40N4O6/c1-7-20-19(6)32(42)37-27(20)14-25-18(5)23(10-12-31(40)41)29(35-25)15-28-22(9-11-30(38)39)17(4)24(34-28)13-26-16(3)21(8-2)33(43)36-26/h8,14-15,19-20,26,34-35H,2,7,9-13H2,1,3-6H3,(H,36,43)(H,38,39)(H,40,41)/b25-14?,29-15-/t19-,20-,26-/m1/s1. The molecule has 0 aliphatic carbocycles. The molecule has 2 aliphatic rings. The van der Waals surface area contributed by atoms with Crippen LogP contribution < -0.4 is 16.0 Å². The van der Waals surface area contributed by atoms with Crippen LogP contribution >= 0.6 is 0 Å². The maximum absolute atomic E-state index is 12.4. The van der Waals surface area contributed by atoms with Crippen LogP contribution in [0.25, 0.3) is 12.2 Å². The average Bonchev–Trinajstić information content (AvgIpc) is 3.59. The van der Waals surface area contributed by atoms with E-state index in [4.69, 9.17) is 0 Å². The number of aromatic amines is 2. The van der Waals surface area contributed by atoms with Gasteiger partial charge in [-0.3, -0.25) is 19.2 Å². The molecule has 0 spiro atoms. The van der Waals surface area contributed by atoms with Crippen LogP contribution in [0.4, 0.5) is 0 Å². The summed E-state index contributed by atoms with van der Waals surface area (Å²) in [5.41, 5.74) is 7.24. The van der Waals surface area contributed by atoms with Gasteiger partial charge in [-0.15, -0.1) is 0 Å². The third kappa shape index (κ3) is 6.48. The van der Waals surface area contributed by atoms with Crippen molar-refractivity contribution >= 4 is 41.6 Å². The van der Waals surface area contributed by atoms with Crippen molar-refractivity contribution in [1.29, 1.82) is 0 Å². The highest BCUT2D eigenvalue weighted by atomic mass is 16.4. The highest BCUT2D eigenvalue weighted by Crippen LogP contribution is 2.27. The van der Waals surface area contributed by atoms with Gasteiger partial charge in [-0.1, -0.05) is 26.5 Å². The van der Waals surface area contributed by atoms with E-state index in [1.165, 1.54) is 0 Å². The molecule has 2 amide bonds. The lowest BCUT2D eigenvalue weighted by molar-refractivity contribution is -0.138. The largest absolute Gasteiger partial charge is 0.481 e. The number of aliphatic carboxylic acids is 2. The van der Waals surface area contributed by atoms with Crippen LogP contribution in [0.15, 0.2) is 28.8 Å². The van der Waals surface area contributed by atoms with E-state index >= 15 is 0 Å². The molecule has 2 aliphatic heterocycles. The van der Waals surface area contributed by atoms with Gasteiger partial charge >= 0.3 is 11.9 Å². The van der Waals surface area contributed by atoms with Gasteiger partial charge in [0.05, 0.1) is 11.8 Å². The second-order valence-corrected chi connectivity index (χ2v) is 11.5. The zero-order valence-corrected chi connectivity index (χ0v) is 25.4. The van der Waals surface area contributed by atoms with Gasteiger partial charge in [0.1, 0.15) is 0 Å². The van der Waals surface area contributed by atoms with E-state index in [1.54, 1.807) is 6.08 Å². The number of aliphatic imine (C=N–C) groups is 1. The summed E-state index contributed by atoms with van der Waals surface area (Å²) in [6, 6.07) is -0.220. The molecule has 10 nitrogen and oxygen atoms in total. The van der Waals surface area contributed by atoms with Gasteiger partial charge in [0.25, 0.3) is 5.91 Å². The number of H-pyrrole nitrogens is 2. The lowest BCUT2D eigenvalue weighted by Crippen LogP contribution is -2.30. The summed E-state index contributed by atoms with van der Waals surface area (Å²) in [4.78, 5) is 58.9. The zero-order valence-electron chi connectivity index (χ0n) is 25.4. The van der Waals surface area contributed by atoms with Crippen LogP contribution in [-0.4, -0.2) is 55.7 Å². The molecule has 0 aromatic carbocycles. The molecule has 43 heavy (non-hydrogen) atoms. The molecule has 0 fully saturated rings. The molecule has 3 atom stereocenters. The van der Waals surface area contributed by atoms with Crippen LogP contribution in [0.2, 0.25) is 0 Å². The van der Waals surface area contributed by atoms with E-state index in [1.807, 2.05) is 46.8 Å². The molecule has 2 aromatic heterocycles. The second-order valence-electron chi connectivity index (χ2n) is 11.5. The van der Waals surface area contributed by atoms with Crippen molar-refractivity contribution < 1.29 is 29.4 Å². The first-order valence-corrected chi connectivity index (χ1v) is 14.7. The minimum atomic E-state index is -0.913. The monoisotopic (exact) mass is 588 g/mol. The van der Waals surface area contributed by atoms with Crippen LogP contribution in [0, 0.1) is 25.7 Å². The lowest BCUT2D eigenvalue weighted by atomic mass is 9.89. The van der Waals surface area contributed by atoms with E-state index in [0.29, 0.717) is 29.5 Å². The molecule has 10 heteroatoms. The van der Waals surface area contributed by atoms with Crippen molar-refractivity contribution in [3.8, 4) is 0 Å². The summed E-state index contributed by atoms with van der Waals surface area (Å²) < 4.78 is 0. The minimum Gasteiger partial charge on any atom is -0.481 e. The number of carbonyl (C=O) groups is 4. The minimum absolute atomic E-state index is 0.0107. The number of carboxylic acids is 2. The Hall–Kier alpha value is -4.47. The number of rotatable bonds is 12. The maximum Gasteiger partial charge on any atom is 0.303 e. The Morgan fingerprint density at radius 3 is 2.19 bits per heavy atom. The van der Waals surface area contributed by atoms with Gasteiger partial charge in [0, 0.05) is 58.8 Å². The smallest absolute Gasteiger partial charge is 0.303 e. The highest BCUT2D eigenvalue weighted by Gasteiger charge is 2.32. The normalized spacial score (nSPS) is 21.1. The van der Waals surface area contributed by atoms with Crippen molar-refractivity contribution in [3.63, 3.8) is 0 Å². The first kappa shape index (κ1) is 31.5. The van der Waals surface area contributed by atoms with Gasteiger partial charge in [0.2, 0.25) is 5.91 Å². The molecule has 4 heterocycles. The van der Waals surface area contributed by atoms with Gasteiger partial charge in [-0.2, -0.15) is 0 Å². The summed E-state index contributed by atoms with van der Waals surface area (Å²) in [6.07, 6.45) is 7.08. The lowest BCUT2D eigenvalue weighted by Gasteiger charge is -2.12. The van der Waals surface area contributed by atoms with Crippen molar-refractivity contribution in [2.24, 2.45) is 16.8 Å². The number of carbonyl (C=O) groups excluding carboxylic acids is 2. The van der Waals surface area contributed by atoms with Crippen LogP contribution in [-0.2, 0) is 38.4 Å². The van der Waals surface area contributed by atoms with Crippen molar-refractivity contribution in [2.45, 2.75) is 79.2 Å². The predicted molar refractivity (Wildman–Crippen MR) is 164 cm³/mol. The van der Waals surface area contributed by atoms with E-state index in [2.05, 4.69) is 26.9 Å². The highest BCUT2D eigenvalue weighted by molar-refractivity contribution is 6.20. The van der Waals surface area contributed by atoms with E-state index < -0.39 is 11.9 Å². The number of carboxylic acid groups (broad SMARTS) is 2. The number of amides is 2. The Morgan fingerprint density at radius 2 is 1.60 bits per heavy atom. The van der Waals surface area contributed by atoms with Crippen molar-refractivity contribution in [2.75, 3.05) is 0 Å². The number of nitrogens with one attached hydrogen (secondary N) is 3. The SMILES string of the molecule is C=CC1=C(C)[C@@H](Cc2[nH]c(/C=c3\[nH]c(=CC4=NC(=O)[C@H](C)[C@H]4CC)c(C)c3CCC(=O)O)c(CCC(=O)O)c2C)NC1=O. The van der Waals surface area contributed by atoms with Crippen LogP contribution in [0.3, 0.4) is 0 Å². The molecule has 0 saturated carbocycles. The first-order valence-electron chi connectivity index (χ1n) is 14.7. The Labute approximate surface area is 250 Å². The van der Waals surface area contributed by atoms with Crippen molar-refractivity contribution in [3.05, 3.63) is 68.1 Å². The molecule has 0 radical (unpaired) electrons. The first-order chi connectivity index (χ1) is 20.4. The van der Waals surface area contributed by atoms with E-state index in [-0.39, 0.29) is 49.0 Å². The maximum atomic E-state index is 12.4. The molecule has 5 N–H and O–H groups in total. The molecule has 4 rings (SSSR count). The summed E-state index contributed by atoms with van der Waals surface area (Å²) in [5.74, 6) is -2.30. The topological polar surface area (TPSA) is 165 Å². The predicted octanol–water partition coefficient (Wildman–Crippen LogP) is 2.79.